The highest BCUT2D eigenvalue weighted by molar-refractivity contribution is 5.82. The Hall–Kier alpha value is -1.38. The summed E-state index contributed by atoms with van der Waals surface area (Å²) < 4.78 is 66.6. The zero-order valence-corrected chi connectivity index (χ0v) is 14.5. The van der Waals surface area contributed by atoms with Gasteiger partial charge in [0.05, 0.1) is 19.1 Å². The lowest BCUT2D eigenvalue weighted by atomic mass is 10.1. The second-order valence-corrected chi connectivity index (χ2v) is 5.59. The molecule has 0 aliphatic carbocycles. The first-order valence-corrected chi connectivity index (χ1v) is 7.60. The molecule has 0 amide bonds. The Labute approximate surface area is 138 Å². The first kappa shape index (κ1) is 22.6. The Kier molecular flexibility index (Phi) is 8.14. The molecule has 0 aromatic heterocycles. The molecule has 0 saturated carbocycles. The summed E-state index contributed by atoms with van der Waals surface area (Å²) in [5, 5.41) is 0. The number of rotatable bonds is 10. The van der Waals surface area contributed by atoms with E-state index in [0.717, 1.165) is 6.92 Å². The maximum absolute atomic E-state index is 13.2. The van der Waals surface area contributed by atoms with Crippen molar-refractivity contribution in [3.63, 3.8) is 0 Å². The minimum atomic E-state index is -4.33. The standard InChI is InChI=1S/C15H24F4O5/c1-6-10(3)11(20)24-13(4,12(21)22-7-2)23-9-8-15(18,19)14(5,16)17/h10H,6-9H2,1-5H3. The number of carbonyl (C=O) groups excluding carboxylic acids is 2. The van der Waals surface area contributed by atoms with E-state index in [1.54, 1.807) is 13.8 Å². The van der Waals surface area contributed by atoms with Gasteiger partial charge < -0.3 is 14.2 Å². The van der Waals surface area contributed by atoms with E-state index in [0.29, 0.717) is 6.42 Å². The molecule has 0 radical (unpaired) electrons. The van der Waals surface area contributed by atoms with Gasteiger partial charge in [-0.05, 0) is 13.3 Å². The fraction of sp³-hybridized carbons (Fsp3) is 0.867. The van der Waals surface area contributed by atoms with E-state index in [1.807, 2.05) is 0 Å². The lowest BCUT2D eigenvalue weighted by molar-refractivity contribution is -0.251. The predicted octanol–water partition coefficient (Wildman–Crippen LogP) is 3.55. The summed E-state index contributed by atoms with van der Waals surface area (Å²) >= 11 is 0. The van der Waals surface area contributed by atoms with Gasteiger partial charge in [-0.1, -0.05) is 13.8 Å². The number of halogens is 4. The van der Waals surface area contributed by atoms with E-state index in [-0.39, 0.29) is 13.5 Å². The molecule has 142 valence electrons. The van der Waals surface area contributed by atoms with Crippen LogP contribution < -0.4 is 0 Å². The maximum Gasteiger partial charge on any atom is 0.379 e. The second-order valence-electron chi connectivity index (χ2n) is 5.59. The largest absolute Gasteiger partial charge is 0.461 e. The van der Waals surface area contributed by atoms with E-state index in [9.17, 15) is 27.2 Å². The summed E-state index contributed by atoms with van der Waals surface area (Å²) in [6, 6.07) is 0. The van der Waals surface area contributed by atoms with Crippen molar-refractivity contribution in [2.24, 2.45) is 5.92 Å². The molecule has 0 aromatic carbocycles. The molecule has 0 fully saturated rings. The van der Waals surface area contributed by atoms with Crippen molar-refractivity contribution in [1.29, 1.82) is 0 Å². The molecule has 0 aliphatic rings. The van der Waals surface area contributed by atoms with Crippen LogP contribution in [-0.4, -0.2) is 42.8 Å². The summed E-state index contributed by atoms with van der Waals surface area (Å²) in [6.07, 6.45) is -0.940. The third kappa shape index (κ3) is 6.26. The van der Waals surface area contributed by atoms with Crippen molar-refractivity contribution in [2.75, 3.05) is 13.2 Å². The van der Waals surface area contributed by atoms with Crippen LogP contribution in [0, 0.1) is 5.92 Å². The number of carbonyl (C=O) groups is 2. The quantitative estimate of drug-likeness (QED) is 0.339. The smallest absolute Gasteiger partial charge is 0.379 e. The van der Waals surface area contributed by atoms with Crippen molar-refractivity contribution in [3.05, 3.63) is 0 Å². The van der Waals surface area contributed by atoms with Crippen molar-refractivity contribution >= 4 is 11.9 Å². The number of hydrogen-bond donors (Lipinski definition) is 0. The van der Waals surface area contributed by atoms with Gasteiger partial charge in [0.25, 0.3) is 0 Å². The molecule has 0 aliphatic heterocycles. The average Bonchev–Trinajstić information content (AvgIpc) is 2.44. The highest BCUT2D eigenvalue weighted by atomic mass is 19.3. The van der Waals surface area contributed by atoms with Crippen LogP contribution >= 0.6 is 0 Å². The SMILES string of the molecule is CCOC(=O)C(C)(OCCC(F)(F)C(C)(F)F)OC(=O)C(C)CC. The van der Waals surface area contributed by atoms with Crippen molar-refractivity contribution in [2.45, 2.75) is 65.1 Å². The molecule has 2 atom stereocenters. The molecule has 0 bridgehead atoms. The molecule has 0 saturated heterocycles. The van der Waals surface area contributed by atoms with Crippen molar-refractivity contribution in [1.82, 2.24) is 0 Å². The number of ether oxygens (including phenoxy) is 3. The third-order valence-electron chi connectivity index (χ3n) is 3.39. The summed E-state index contributed by atoms with van der Waals surface area (Å²) in [5.41, 5.74) is 0. The summed E-state index contributed by atoms with van der Waals surface area (Å²) in [5.74, 6) is -13.3. The molecule has 2 unspecified atom stereocenters. The summed E-state index contributed by atoms with van der Waals surface area (Å²) in [6.45, 7) is 4.84. The molecule has 0 rings (SSSR count). The zero-order valence-electron chi connectivity index (χ0n) is 14.5. The predicted molar refractivity (Wildman–Crippen MR) is 76.7 cm³/mol. The normalized spacial score (nSPS) is 16.2. The Morgan fingerprint density at radius 1 is 1.08 bits per heavy atom. The second kappa shape index (κ2) is 8.64. The zero-order chi connectivity index (χ0) is 19.2. The minimum Gasteiger partial charge on any atom is -0.461 e. The third-order valence-corrected chi connectivity index (χ3v) is 3.39. The van der Waals surface area contributed by atoms with E-state index in [2.05, 4.69) is 0 Å². The molecule has 24 heavy (non-hydrogen) atoms. The van der Waals surface area contributed by atoms with Crippen molar-refractivity contribution < 1.29 is 41.4 Å². The Morgan fingerprint density at radius 2 is 1.62 bits per heavy atom. The Bertz CT molecular complexity index is 436. The molecular formula is C15H24F4O5. The fourth-order valence-corrected chi connectivity index (χ4v) is 1.44. The summed E-state index contributed by atoms with van der Waals surface area (Å²) in [4.78, 5) is 23.7. The molecule has 0 heterocycles. The highest BCUT2D eigenvalue weighted by Crippen LogP contribution is 2.36. The van der Waals surface area contributed by atoms with E-state index in [4.69, 9.17) is 14.2 Å². The van der Waals surface area contributed by atoms with Crippen LogP contribution in [0.15, 0.2) is 0 Å². The molecule has 9 heteroatoms. The monoisotopic (exact) mass is 360 g/mol. The van der Waals surface area contributed by atoms with E-state index in [1.165, 1.54) is 6.92 Å². The average molecular weight is 360 g/mol. The first-order chi connectivity index (χ1) is 10.8. The fourth-order valence-electron chi connectivity index (χ4n) is 1.44. The van der Waals surface area contributed by atoms with Gasteiger partial charge >= 0.3 is 29.6 Å². The highest BCUT2D eigenvalue weighted by Gasteiger charge is 2.52. The Balaban J connectivity index is 5.03. The topological polar surface area (TPSA) is 61.8 Å². The van der Waals surface area contributed by atoms with E-state index < -0.39 is 48.5 Å². The minimum absolute atomic E-state index is 0.0676. The van der Waals surface area contributed by atoms with Crippen molar-refractivity contribution in [3.8, 4) is 0 Å². The number of alkyl halides is 4. The molecule has 0 N–H and O–H groups in total. The lowest BCUT2D eigenvalue weighted by Crippen LogP contribution is -2.47. The lowest BCUT2D eigenvalue weighted by Gasteiger charge is -2.29. The number of hydrogen-bond acceptors (Lipinski definition) is 5. The first-order valence-electron chi connectivity index (χ1n) is 7.60. The van der Waals surface area contributed by atoms with Crippen LogP contribution in [0.4, 0.5) is 17.6 Å². The van der Waals surface area contributed by atoms with Gasteiger partial charge in [0.15, 0.2) is 0 Å². The van der Waals surface area contributed by atoms with Gasteiger partial charge in [-0.25, -0.2) is 13.6 Å². The van der Waals surface area contributed by atoms with Gasteiger partial charge in [-0.3, -0.25) is 4.79 Å². The van der Waals surface area contributed by atoms with Gasteiger partial charge in [0.1, 0.15) is 0 Å². The van der Waals surface area contributed by atoms with E-state index >= 15 is 0 Å². The van der Waals surface area contributed by atoms with Crippen LogP contribution in [0.1, 0.15) is 47.5 Å². The van der Waals surface area contributed by atoms with Crippen LogP contribution in [0.2, 0.25) is 0 Å². The van der Waals surface area contributed by atoms with Gasteiger partial charge in [-0.15, -0.1) is 0 Å². The molecule has 5 nitrogen and oxygen atoms in total. The van der Waals surface area contributed by atoms with Gasteiger partial charge in [0.2, 0.25) is 0 Å². The van der Waals surface area contributed by atoms with Crippen LogP contribution in [0.3, 0.4) is 0 Å². The van der Waals surface area contributed by atoms with Gasteiger partial charge in [0, 0.05) is 20.3 Å². The van der Waals surface area contributed by atoms with Crippen LogP contribution in [0.5, 0.6) is 0 Å². The Morgan fingerprint density at radius 3 is 2.04 bits per heavy atom. The number of esters is 2. The maximum atomic E-state index is 13.2. The van der Waals surface area contributed by atoms with Crippen LogP contribution in [-0.2, 0) is 23.8 Å². The van der Waals surface area contributed by atoms with Crippen LogP contribution in [0.25, 0.3) is 0 Å². The van der Waals surface area contributed by atoms with Gasteiger partial charge in [-0.2, -0.15) is 8.78 Å². The molecule has 0 spiro atoms. The summed E-state index contributed by atoms with van der Waals surface area (Å²) in [7, 11) is 0. The molecular weight excluding hydrogens is 336 g/mol. The molecule has 0 aromatic rings.